The van der Waals surface area contributed by atoms with Crippen molar-refractivity contribution < 1.29 is 9.50 Å². The molecule has 0 bridgehead atoms. The van der Waals surface area contributed by atoms with Crippen molar-refractivity contribution in [1.82, 2.24) is 4.90 Å². The van der Waals surface area contributed by atoms with Crippen LogP contribution in [0.25, 0.3) is 6.08 Å². The first-order valence-electron chi connectivity index (χ1n) is 8.62. The molecule has 2 aromatic carbocycles. The Hall–Kier alpha value is -1.97. The second-order valence-electron chi connectivity index (χ2n) is 7.12. The Kier molecular flexibility index (Phi) is 6.15. The van der Waals surface area contributed by atoms with Crippen molar-refractivity contribution in [3.8, 4) is 0 Å². The van der Waals surface area contributed by atoms with Crippen molar-refractivity contribution in [3.05, 3.63) is 76.6 Å². The third-order valence-electron chi connectivity index (χ3n) is 4.76. The van der Waals surface area contributed by atoms with Crippen LogP contribution in [0.1, 0.15) is 30.5 Å². The second kappa shape index (κ2) is 7.94. The molecule has 0 aromatic heterocycles. The van der Waals surface area contributed by atoms with Crippen molar-refractivity contribution in [2.75, 3.05) is 20.6 Å². The van der Waals surface area contributed by atoms with Crippen LogP contribution in [0.4, 0.5) is 4.39 Å². The highest BCUT2D eigenvalue weighted by atomic mass is 19.1. The van der Waals surface area contributed by atoms with Gasteiger partial charge in [-0.1, -0.05) is 49.4 Å². The van der Waals surface area contributed by atoms with E-state index >= 15 is 0 Å². The van der Waals surface area contributed by atoms with Crippen LogP contribution < -0.4 is 0 Å². The van der Waals surface area contributed by atoms with E-state index in [1.54, 1.807) is 12.1 Å². The molecule has 0 radical (unpaired) electrons. The van der Waals surface area contributed by atoms with E-state index in [1.807, 2.05) is 58.3 Å². The quantitative estimate of drug-likeness (QED) is 0.828. The van der Waals surface area contributed by atoms with E-state index in [4.69, 9.17) is 0 Å². The van der Waals surface area contributed by atoms with Crippen LogP contribution in [0.2, 0.25) is 0 Å². The van der Waals surface area contributed by atoms with E-state index in [0.717, 1.165) is 28.8 Å². The number of halogens is 1. The molecule has 2 unspecified atom stereocenters. The van der Waals surface area contributed by atoms with E-state index < -0.39 is 5.60 Å². The lowest BCUT2D eigenvalue weighted by Crippen LogP contribution is -2.40. The molecule has 0 saturated heterocycles. The molecule has 2 aromatic rings. The zero-order valence-corrected chi connectivity index (χ0v) is 15.8. The summed E-state index contributed by atoms with van der Waals surface area (Å²) in [6.45, 7) is 6.78. The summed E-state index contributed by atoms with van der Waals surface area (Å²) in [6.07, 6.45) is 1.94. The third kappa shape index (κ3) is 4.36. The molecule has 2 atom stereocenters. The van der Waals surface area contributed by atoms with Crippen LogP contribution in [0, 0.1) is 18.7 Å². The summed E-state index contributed by atoms with van der Waals surface area (Å²) in [6, 6.07) is 14.3. The third-order valence-corrected chi connectivity index (χ3v) is 4.76. The molecule has 0 aliphatic carbocycles. The van der Waals surface area contributed by atoms with Crippen molar-refractivity contribution in [2.24, 2.45) is 5.92 Å². The predicted molar refractivity (Wildman–Crippen MR) is 103 cm³/mol. The topological polar surface area (TPSA) is 23.5 Å². The molecule has 0 aliphatic heterocycles. The van der Waals surface area contributed by atoms with Gasteiger partial charge in [-0.25, -0.2) is 4.39 Å². The highest BCUT2D eigenvalue weighted by Crippen LogP contribution is 2.39. The number of benzene rings is 2. The molecule has 25 heavy (non-hydrogen) atoms. The molecule has 0 amide bonds. The molecule has 0 heterocycles. The van der Waals surface area contributed by atoms with Gasteiger partial charge in [0.15, 0.2) is 0 Å². The Morgan fingerprint density at radius 2 is 1.76 bits per heavy atom. The summed E-state index contributed by atoms with van der Waals surface area (Å²) >= 11 is 0. The van der Waals surface area contributed by atoms with Crippen LogP contribution in [-0.4, -0.2) is 30.6 Å². The summed E-state index contributed by atoms with van der Waals surface area (Å²) in [4.78, 5) is 2.08. The molecule has 0 aliphatic rings. The lowest BCUT2D eigenvalue weighted by Gasteiger charge is -2.38. The summed E-state index contributed by atoms with van der Waals surface area (Å²) < 4.78 is 13.2. The lowest BCUT2D eigenvalue weighted by molar-refractivity contribution is 0.00998. The van der Waals surface area contributed by atoms with Gasteiger partial charge in [0.1, 0.15) is 11.4 Å². The van der Waals surface area contributed by atoms with Gasteiger partial charge in [0, 0.05) is 12.5 Å². The van der Waals surface area contributed by atoms with Gasteiger partial charge in [0.2, 0.25) is 0 Å². The number of aryl methyl sites for hydroxylation is 1. The normalized spacial score (nSPS) is 15.9. The first kappa shape index (κ1) is 19.4. The molecular formula is C22H28FNO. The van der Waals surface area contributed by atoms with E-state index in [1.165, 1.54) is 12.1 Å². The van der Waals surface area contributed by atoms with Crippen LogP contribution in [0.3, 0.4) is 0 Å². The molecule has 3 heteroatoms. The molecule has 0 saturated carbocycles. The zero-order valence-electron chi connectivity index (χ0n) is 15.8. The Morgan fingerprint density at radius 1 is 1.16 bits per heavy atom. The highest BCUT2D eigenvalue weighted by Gasteiger charge is 2.38. The Morgan fingerprint density at radius 3 is 2.32 bits per heavy atom. The van der Waals surface area contributed by atoms with Crippen molar-refractivity contribution in [1.29, 1.82) is 0 Å². The fourth-order valence-corrected chi connectivity index (χ4v) is 3.47. The number of hydrogen-bond donors (Lipinski definition) is 1. The fourth-order valence-electron chi connectivity index (χ4n) is 3.47. The first-order chi connectivity index (χ1) is 11.7. The second-order valence-corrected chi connectivity index (χ2v) is 7.12. The fraction of sp³-hybridized carbons (Fsp3) is 0.364. The van der Waals surface area contributed by atoms with E-state index in [2.05, 4.69) is 11.8 Å². The molecule has 0 fully saturated rings. The van der Waals surface area contributed by atoms with Gasteiger partial charge in [-0.3, -0.25) is 0 Å². The number of nitrogens with zero attached hydrogens (tertiary/aromatic N) is 1. The smallest absolute Gasteiger partial charge is 0.123 e. The maximum Gasteiger partial charge on any atom is 0.123 e. The monoisotopic (exact) mass is 341 g/mol. The van der Waals surface area contributed by atoms with Gasteiger partial charge in [0.25, 0.3) is 0 Å². The van der Waals surface area contributed by atoms with Gasteiger partial charge >= 0.3 is 0 Å². The Balaban J connectivity index is 2.54. The molecule has 0 spiro atoms. The van der Waals surface area contributed by atoms with Crippen LogP contribution >= 0.6 is 0 Å². The lowest BCUT2D eigenvalue weighted by atomic mass is 9.74. The minimum atomic E-state index is -1.09. The van der Waals surface area contributed by atoms with Gasteiger partial charge in [0.05, 0.1) is 0 Å². The van der Waals surface area contributed by atoms with E-state index in [0.29, 0.717) is 0 Å². The molecule has 1 N–H and O–H groups in total. The minimum Gasteiger partial charge on any atom is -0.380 e. The summed E-state index contributed by atoms with van der Waals surface area (Å²) in [5.41, 5.74) is 2.61. The Labute approximate surface area is 150 Å². The van der Waals surface area contributed by atoms with Crippen LogP contribution in [0.15, 0.2) is 54.1 Å². The van der Waals surface area contributed by atoms with Crippen molar-refractivity contribution >= 4 is 6.08 Å². The summed E-state index contributed by atoms with van der Waals surface area (Å²) in [5, 5.41) is 11.8. The Bertz CT molecular complexity index is 736. The average molecular weight is 341 g/mol. The molecule has 2 nitrogen and oxygen atoms in total. The largest absolute Gasteiger partial charge is 0.380 e. The first-order valence-corrected chi connectivity index (χ1v) is 8.62. The van der Waals surface area contributed by atoms with Gasteiger partial charge in [-0.15, -0.1) is 0 Å². The minimum absolute atomic E-state index is 0.0136. The standard InChI is InChI=1S/C22H28FNO/c1-16-8-6-7-9-21(16)22(25,18(3)15-24(4)5)17(2)14-19-10-12-20(23)13-11-19/h6-14,18,25H,15H2,1-5H3/b17-14+. The summed E-state index contributed by atoms with van der Waals surface area (Å²) in [7, 11) is 4.02. The maximum absolute atomic E-state index is 13.2. The van der Waals surface area contributed by atoms with Crippen molar-refractivity contribution in [3.63, 3.8) is 0 Å². The van der Waals surface area contributed by atoms with Crippen LogP contribution in [-0.2, 0) is 5.60 Å². The SMILES string of the molecule is C/C(=C\c1ccc(F)cc1)C(O)(c1ccccc1C)C(C)CN(C)C. The predicted octanol–water partition coefficient (Wildman–Crippen LogP) is 4.62. The van der Waals surface area contributed by atoms with Gasteiger partial charge < -0.3 is 10.0 Å². The van der Waals surface area contributed by atoms with Crippen LogP contribution in [0.5, 0.6) is 0 Å². The average Bonchev–Trinajstić information content (AvgIpc) is 2.56. The highest BCUT2D eigenvalue weighted by molar-refractivity contribution is 5.56. The summed E-state index contributed by atoms with van der Waals surface area (Å²) in [5.74, 6) is -0.273. The van der Waals surface area contributed by atoms with Gasteiger partial charge in [-0.05, 0) is 62.3 Å². The molecular weight excluding hydrogens is 313 g/mol. The van der Waals surface area contributed by atoms with E-state index in [-0.39, 0.29) is 11.7 Å². The van der Waals surface area contributed by atoms with Crippen molar-refractivity contribution in [2.45, 2.75) is 26.4 Å². The molecule has 134 valence electrons. The number of hydrogen-bond acceptors (Lipinski definition) is 2. The van der Waals surface area contributed by atoms with Gasteiger partial charge in [-0.2, -0.15) is 0 Å². The maximum atomic E-state index is 13.2. The number of aliphatic hydroxyl groups is 1. The zero-order chi connectivity index (χ0) is 18.6. The number of rotatable bonds is 6. The molecule has 2 rings (SSSR count). The van der Waals surface area contributed by atoms with E-state index in [9.17, 15) is 9.50 Å².